The van der Waals surface area contributed by atoms with Crippen LogP contribution in [0.5, 0.6) is 0 Å². The fourth-order valence-corrected chi connectivity index (χ4v) is 1.72. The molecular formula is C12H22O3. The molecule has 1 saturated heterocycles. The first-order chi connectivity index (χ1) is 6.71. The summed E-state index contributed by atoms with van der Waals surface area (Å²) in [5.74, 6) is -0.164. The van der Waals surface area contributed by atoms with Crippen molar-refractivity contribution >= 4 is 5.97 Å². The molecule has 1 fully saturated rings. The lowest BCUT2D eigenvalue weighted by molar-refractivity contribution is -0.158. The lowest BCUT2D eigenvalue weighted by atomic mass is 9.84. The fourth-order valence-electron chi connectivity index (χ4n) is 1.72. The smallest absolute Gasteiger partial charge is 0.308 e. The number of carbonyl (C=O) groups excluding carboxylic acids is 1. The van der Waals surface area contributed by atoms with Crippen molar-refractivity contribution in [2.75, 3.05) is 6.61 Å². The summed E-state index contributed by atoms with van der Waals surface area (Å²) < 4.78 is 10.8. The Hall–Kier alpha value is -0.570. The largest absolute Gasteiger partial charge is 0.460 e. The van der Waals surface area contributed by atoms with Crippen LogP contribution >= 0.6 is 0 Å². The normalized spacial score (nSPS) is 25.3. The molecule has 15 heavy (non-hydrogen) atoms. The van der Waals surface area contributed by atoms with Crippen LogP contribution in [0.1, 0.15) is 47.5 Å². The van der Waals surface area contributed by atoms with E-state index in [2.05, 4.69) is 13.8 Å². The predicted octanol–water partition coefficient (Wildman–Crippen LogP) is 2.53. The van der Waals surface area contributed by atoms with Crippen molar-refractivity contribution in [1.82, 2.24) is 0 Å². The van der Waals surface area contributed by atoms with E-state index in [1.165, 1.54) is 0 Å². The maximum absolute atomic E-state index is 11.6. The first kappa shape index (κ1) is 12.5. The van der Waals surface area contributed by atoms with Crippen LogP contribution < -0.4 is 0 Å². The van der Waals surface area contributed by atoms with Gasteiger partial charge in [-0.25, -0.2) is 0 Å². The Morgan fingerprint density at radius 3 is 2.47 bits per heavy atom. The molecule has 0 aromatic carbocycles. The van der Waals surface area contributed by atoms with Crippen LogP contribution in [0.4, 0.5) is 0 Å². The van der Waals surface area contributed by atoms with Crippen LogP contribution in [-0.2, 0) is 14.3 Å². The zero-order chi connectivity index (χ0) is 11.7. The van der Waals surface area contributed by atoms with E-state index < -0.39 is 5.60 Å². The second-order valence-corrected chi connectivity index (χ2v) is 5.89. The number of esters is 1. The molecule has 0 radical (unpaired) electrons. The second kappa shape index (κ2) is 4.12. The number of rotatable bonds is 2. The van der Waals surface area contributed by atoms with Crippen LogP contribution in [0.2, 0.25) is 0 Å². The van der Waals surface area contributed by atoms with Crippen molar-refractivity contribution in [3.05, 3.63) is 0 Å². The van der Waals surface area contributed by atoms with Gasteiger partial charge in [0.15, 0.2) is 0 Å². The molecule has 1 atom stereocenters. The SMILES string of the molecule is CC(C)(C)OC(=O)CC1OCCC1(C)C. The highest BCUT2D eigenvalue weighted by Crippen LogP contribution is 2.35. The average molecular weight is 214 g/mol. The van der Waals surface area contributed by atoms with Gasteiger partial charge in [-0.1, -0.05) is 13.8 Å². The molecule has 1 aliphatic heterocycles. The summed E-state index contributed by atoms with van der Waals surface area (Å²) in [7, 11) is 0. The predicted molar refractivity (Wildman–Crippen MR) is 58.6 cm³/mol. The topological polar surface area (TPSA) is 35.5 Å². The van der Waals surface area contributed by atoms with Gasteiger partial charge in [-0.3, -0.25) is 4.79 Å². The van der Waals surface area contributed by atoms with Crippen molar-refractivity contribution in [3.63, 3.8) is 0 Å². The Kier molecular flexibility index (Phi) is 3.44. The Morgan fingerprint density at radius 2 is 2.07 bits per heavy atom. The van der Waals surface area contributed by atoms with Gasteiger partial charge in [0.25, 0.3) is 0 Å². The van der Waals surface area contributed by atoms with Gasteiger partial charge in [-0.15, -0.1) is 0 Å². The van der Waals surface area contributed by atoms with Crippen molar-refractivity contribution in [3.8, 4) is 0 Å². The summed E-state index contributed by atoms with van der Waals surface area (Å²) >= 11 is 0. The number of carbonyl (C=O) groups is 1. The molecular weight excluding hydrogens is 192 g/mol. The molecule has 1 unspecified atom stereocenters. The fraction of sp³-hybridized carbons (Fsp3) is 0.917. The summed E-state index contributed by atoms with van der Waals surface area (Å²) in [6.07, 6.45) is 1.39. The minimum Gasteiger partial charge on any atom is -0.460 e. The molecule has 3 heteroatoms. The second-order valence-electron chi connectivity index (χ2n) is 5.89. The van der Waals surface area contributed by atoms with Gasteiger partial charge in [0, 0.05) is 6.61 Å². The molecule has 0 spiro atoms. The summed E-state index contributed by atoms with van der Waals surface area (Å²) in [4.78, 5) is 11.6. The molecule has 1 rings (SSSR count). The van der Waals surface area contributed by atoms with Crippen LogP contribution in [0.15, 0.2) is 0 Å². The average Bonchev–Trinajstić information content (AvgIpc) is 2.26. The lowest BCUT2D eigenvalue weighted by Gasteiger charge is -2.26. The maximum atomic E-state index is 11.6. The van der Waals surface area contributed by atoms with Crippen molar-refractivity contribution in [1.29, 1.82) is 0 Å². The third-order valence-corrected chi connectivity index (χ3v) is 2.71. The van der Waals surface area contributed by atoms with Gasteiger partial charge < -0.3 is 9.47 Å². The number of ether oxygens (including phenoxy) is 2. The van der Waals surface area contributed by atoms with Crippen molar-refractivity contribution in [2.24, 2.45) is 5.41 Å². The van der Waals surface area contributed by atoms with Gasteiger partial charge in [0.05, 0.1) is 12.5 Å². The van der Waals surface area contributed by atoms with Gasteiger partial charge in [-0.05, 0) is 32.6 Å². The maximum Gasteiger partial charge on any atom is 0.308 e. The highest BCUT2D eigenvalue weighted by Gasteiger charge is 2.37. The Balaban J connectivity index is 2.45. The molecule has 88 valence electrons. The van der Waals surface area contributed by atoms with Crippen LogP contribution in [-0.4, -0.2) is 24.3 Å². The van der Waals surface area contributed by atoms with Gasteiger partial charge in [0.2, 0.25) is 0 Å². The third-order valence-electron chi connectivity index (χ3n) is 2.71. The van der Waals surface area contributed by atoms with Crippen LogP contribution in [0, 0.1) is 5.41 Å². The van der Waals surface area contributed by atoms with E-state index in [0.29, 0.717) is 6.42 Å². The molecule has 0 bridgehead atoms. The molecule has 0 aliphatic carbocycles. The van der Waals surface area contributed by atoms with Gasteiger partial charge >= 0.3 is 5.97 Å². The highest BCUT2D eigenvalue weighted by molar-refractivity contribution is 5.70. The summed E-state index contributed by atoms with van der Waals surface area (Å²) in [5.41, 5.74) is -0.309. The molecule has 3 nitrogen and oxygen atoms in total. The molecule has 0 N–H and O–H groups in total. The van der Waals surface area contributed by atoms with Crippen molar-refractivity contribution < 1.29 is 14.3 Å². The molecule has 0 amide bonds. The van der Waals surface area contributed by atoms with Gasteiger partial charge in [0.1, 0.15) is 5.60 Å². The van der Waals surface area contributed by atoms with E-state index in [9.17, 15) is 4.79 Å². The molecule has 0 saturated carbocycles. The first-order valence-corrected chi connectivity index (χ1v) is 5.54. The van der Waals surface area contributed by atoms with E-state index in [1.807, 2.05) is 20.8 Å². The van der Waals surface area contributed by atoms with Crippen molar-refractivity contribution in [2.45, 2.75) is 59.2 Å². The number of hydrogen-bond donors (Lipinski definition) is 0. The monoisotopic (exact) mass is 214 g/mol. The zero-order valence-corrected chi connectivity index (χ0v) is 10.4. The first-order valence-electron chi connectivity index (χ1n) is 5.54. The quantitative estimate of drug-likeness (QED) is 0.663. The zero-order valence-electron chi connectivity index (χ0n) is 10.4. The Labute approximate surface area is 92.1 Å². The standard InChI is InChI=1S/C12H22O3/c1-11(2,3)15-10(13)8-9-12(4,5)6-7-14-9/h9H,6-8H2,1-5H3. The molecule has 0 aromatic heterocycles. The Morgan fingerprint density at radius 1 is 1.47 bits per heavy atom. The van der Waals surface area contributed by atoms with Crippen LogP contribution in [0.25, 0.3) is 0 Å². The van der Waals surface area contributed by atoms with E-state index in [0.717, 1.165) is 13.0 Å². The summed E-state index contributed by atoms with van der Waals surface area (Å²) in [5, 5.41) is 0. The molecule has 1 aliphatic rings. The minimum absolute atomic E-state index is 0.00681. The number of hydrogen-bond acceptors (Lipinski definition) is 3. The third kappa shape index (κ3) is 3.82. The van der Waals surface area contributed by atoms with Crippen LogP contribution in [0.3, 0.4) is 0 Å². The van der Waals surface area contributed by atoms with E-state index in [1.54, 1.807) is 0 Å². The highest BCUT2D eigenvalue weighted by atomic mass is 16.6. The van der Waals surface area contributed by atoms with Gasteiger partial charge in [-0.2, -0.15) is 0 Å². The Bertz CT molecular complexity index is 238. The molecule has 1 heterocycles. The lowest BCUT2D eigenvalue weighted by Crippen LogP contribution is -2.31. The summed E-state index contributed by atoms with van der Waals surface area (Å²) in [6, 6.07) is 0. The minimum atomic E-state index is -0.403. The van der Waals surface area contributed by atoms with E-state index in [4.69, 9.17) is 9.47 Å². The summed E-state index contributed by atoms with van der Waals surface area (Å²) in [6.45, 7) is 10.7. The van der Waals surface area contributed by atoms with E-state index >= 15 is 0 Å². The van der Waals surface area contributed by atoms with E-state index in [-0.39, 0.29) is 17.5 Å². The molecule has 0 aromatic rings.